The third kappa shape index (κ3) is 6.32. The maximum atomic E-state index is 7.04. The Morgan fingerprint density at radius 2 is 1.11 bits per heavy atom. The molecule has 0 bridgehead atoms. The van der Waals surface area contributed by atoms with Crippen molar-refractivity contribution in [3.63, 3.8) is 0 Å². The van der Waals surface area contributed by atoms with Gasteiger partial charge >= 0.3 is 0 Å². The normalized spacial score (nSPS) is 14.1. The van der Waals surface area contributed by atoms with Crippen LogP contribution in [0.4, 0.5) is 0 Å². The van der Waals surface area contributed by atoms with Crippen LogP contribution in [-0.2, 0) is 0 Å². The highest BCUT2D eigenvalue weighted by Crippen LogP contribution is 2.45. The molecule has 0 saturated carbocycles. The lowest BCUT2D eigenvalue weighted by Gasteiger charge is -2.24. The number of amidine groups is 2. The standard InChI is InChI=1S/C65H40N4OS/c1-3-16-39(17-4-1)44-32-33-47(46-23-10-9-22-45(44)46)53-37-54-59(38-57(53)69-55-27-13-11-24-48(55)52-34-41-20-7-8-21-42(41)35-56(52)69)70-58-28-15-26-51(62(54)58)65-67-63(40-18-5-2-6-19-40)66-64(68-65)43-30-31-50-49-25-12-14-29-60(49)71-61(50)36-43/h1-38,63H,(H,66,67,68). The summed E-state index contributed by atoms with van der Waals surface area (Å²) < 4.78 is 12.0. The van der Waals surface area contributed by atoms with Gasteiger partial charge in [0.1, 0.15) is 23.2 Å². The summed E-state index contributed by atoms with van der Waals surface area (Å²) in [6.07, 6.45) is -0.367. The number of nitrogens with zero attached hydrogens (tertiary/aromatic N) is 3. The van der Waals surface area contributed by atoms with Gasteiger partial charge in [-0.05, 0) is 86.3 Å². The third-order valence-corrected chi connectivity index (χ3v) is 15.6. The minimum Gasteiger partial charge on any atom is -0.456 e. The molecule has 1 aliphatic heterocycles. The van der Waals surface area contributed by atoms with Crippen LogP contribution in [0.1, 0.15) is 22.9 Å². The van der Waals surface area contributed by atoms with Crippen molar-refractivity contribution in [2.45, 2.75) is 6.17 Å². The van der Waals surface area contributed by atoms with Crippen LogP contribution in [0.5, 0.6) is 0 Å². The molecule has 0 fully saturated rings. The molecule has 332 valence electrons. The van der Waals surface area contributed by atoms with Crippen molar-refractivity contribution in [1.29, 1.82) is 0 Å². The lowest BCUT2D eigenvalue weighted by atomic mass is 9.90. The summed E-state index contributed by atoms with van der Waals surface area (Å²) in [5, 5.41) is 15.4. The second-order valence-electron chi connectivity index (χ2n) is 18.5. The monoisotopic (exact) mass is 924 g/mol. The molecule has 0 spiro atoms. The van der Waals surface area contributed by atoms with Gasteiger partial charge in [0, 0.05) is 64.5 Å². The van der Waals surface area contributed by atoms with Crippen molar-refractivity contribution in [3.05, 3.63) is 247 Å². The molecule has 0 aliphatic carbocycles. The quantitative estimate of drug-likeness (QED) is 0.181. The van der Waals surface area contributed by atoms with Crippen molar-refractivity contribution in [3.8, 4) is 27.9 Å². The van der Waals surface area contributed by atoms with E-state index in [1.54, 1.807) is 0 Å². The number of hydrogen-bond acceptors (Lipinski definition) is 5. The highest BCUT2D eigenvalue weighted by Gasteiger charge is 2.26. The van der Waals surface area contributed by atoms with Crippen LogP contribution in [-0.4, -0.2) is 16.2 Å². The first-order valence-electron chi connectivity index (χ1n) is 24.1. The van der Waals surface area contributed by atoms with Gasteiger partial charge in [0.05, 0.1) is 16.7 Å². The van der Waals surface area contributed by atoms with Gasteiger partial charge in [-0.25, -0.2) is 9.98 Å². The van der Waals surface area contributed by atoms with Gasteiger partial charge in [-0.3, -0.25) is 0 Å². The number of hydrogen-bond donors (Lipinski definition) is 1. The van der Waals surface area contributed by atoms with E-state index in [0.29, 0.717) is 5.84 Å². The molecule has 0 saturated heterocycles. The molecule has 0 amide bonds. The van der Waals surface area contributed by atoms with Crippen LogP contribution >= 0.6 is 11.3 Å². The Kier molecular flexibility index (Phi) is 8.82. The lowest BCUT2D eigenvalue weighted by molar-refractivity contribution is 0.668. The van der Waals surface area contributed by atoms with Crippen molar-refractivity contribution in [2.75, 3.05) is 0 Å². The molecule has 6 heteroatoms. The minimum absolute atomic E-state index is 0.367. The molecule has 15 rings (SSSR count). The van der Waals surface area contributed by atoms with Crippen molar-refractivity contribution >= 4 is 108 Å². The number of aromatic nitrogens is 1. The fourth-order valence-electron chi connectivity index (χ4n) is 11.2. The fourth-order valence-corrected chi connectivity index (χ4v) is 12.3. The molecule has 3 aromatic heterocycles. The second kappa shape index (κ2) is 15.7. The SMILES string of the molecule is c1ccc(-c2ccc(-c3cc4c(cc3-n3c5ccccc5c5cc6ccccc6cc53)oc3cccc(C5=NC(c6ccccc6)NC(c6ccc7c(c6)sc6ccccc67)=N5)c34)c3ccccc23)cc1. The van der Waals surface area contributed by atoms with E-state index < -0.39 is 0 Å². The zero-order chi connectivity index (χ0) is 46.6. The Bertz CT molecular complexity index is 4560. The number of furan rings is 1. The molecule has 1 aliphatic rings. The Balaban J connectivity index is 1.00. The third-order valence-electron chi connectivity index (χ3n) is 14.4. The molecule has 1 atom stereocenters. The van der Waals surface area contributed by atoms with E-state index in [1.807, 2.05) is 17.4 Å². The Labute approximate surface area is 411 Å². The maximum Gasteiger partial charge on any atom is 0.160 e. The highest BCUT2D eigenvalue weighted by atomic mass is 32.1. The number of nitrogens with one attached hydrogen (secondary N) is 1. The fraction of sp³-hybridized carbons (Fsp3) is 0.0154. The van der Waals surface area contributed by atoms with E-state index in [0.717, 1.165) is 72.3 Å². The second-order valence-corrected chi connectivity index (χ2v) is 19.6. The summed E-state index contributed by atoms with van der Waals surface area (Å²) >= 11 is 1.81. The van der Waals surface area contributed by atoms with Crippen LogP contribution in [0.3, 0.4) is 0 Å². The van der Waals surface area contributed by atoms with Gasteiger partial charge in [-0.2, -0.15) is 0 Å². The average Bonchev–Trinajstić information content (AvgIpc) is 4.11. The molecule has 5 nitrogen and oxygen atoms in total. The topological polar surface area (TPSA) is 54.8 Å². The van der Waals surface area contributed by atoms with Gasteiger partial charge < -0.3 is 14.3 Å². The predicted molar refractivity (Wildman–Crippen MR) is 299 cm³/mol. The van der Waals surface area contributed by atoms with Crippen LogP contribution in [0.25, 0.3) is 113 Å². The van der Waals surface area contributed by atoms with Crippen LogP contribution in [0.2, 0.25) is 0 Å². The molecular weight excluding hydrogens is 885 g/mol. The van der Waals surface area contributed by atoms with E-state index in [4.69, 9.17) is 14.4 Å². The summed E-state index contributed by atoms with van der Waals surface area (Å²) in [7, 11) is 0. The van der Waals surface area contributed by atoms with Crippen molar-refractivity contribution in [1.82, 2.24) is 9.88 Å². The van der Waals surface area contributed by atoms with E-state index in [1.165, 1.54) is 63.6 Å². The van der Waals surface area contributed by atoms with E-state index >= 15 is 0 Å². The van der Waals surface area contributed by atoms with Gasteiger partial charge in [0.15, 0.2) is 5.84 Å². The van der Waals surface area contributed by atoms with E-state index in [-0.39, 0.29) is 6.17 Å². The molecule has 4 heterocycles. The molecule has 0 radical (unpaired) electrons. The minimum atomic E-state index is -0.367. The smallest absolute Gasteiger partial charge is 0.160 e. The Morgan fingerprint density at radius 3 is 1.96 bits per heavy atom. The summed E-state index contributed by atoms with van der Waals surface area (Å²) in [4.78, 5) is 10.8. The van der Waals surface area contributed by atoms with Crippen molar-refractivity contribution < 1.29 is 4.42 Å². The number of fused-ring (bicyclic) bond motifs is 11. The van der Waals surface area contributed by atoms with E-state index in [2.05, 4.69) is 234 Å². The van der Waals surface area contributed by atoms with Crippen LogP contribution < -0.4 is 5.32 Å². The molecule has 1 unspecified atom stereocenters. The average molecular weight is 925 g/mol. The lowest BCUT2D eigenvalue weighted by Crippen LogP contribution is -2.33. The number of para-hydroxylation sites is 1. The maximum absolute atomic E-state index is 7.04. The summed E-state index contributed by atoms with van der Waals surface area (Å²) in [6, 6.07) is 82.9. The molecule has 71 heavy (non-hydrogen) atoms. The van der Waals surface area contributed by atoms with Gasteiger partial charge in [-0.1, -0.05) is 182 Å². The summed E-state index contributed by atoms with van der Waals surface area (Å²) in [5.41, 5.74) is 12.5. The first-order valence-corrected chi connectivity index (χ1v) is 24.9. The van der Waals surface area contributed by atoms with Gasteiger partial charge in [0.2, 0.25) is 0 Å². The van der Waals surface area contributed by atoms with Crippen molar-refractivity contribution in [2.24, 2.45) is 9.98 Å². The van der Waals surface area contributed by atoms with Gasteiger partial charge in [-0.15, -0.1) is 11.3 Å². The van der Waals surface area contributed by atoms with E-state index in [9.17, 15) is 0 Å². The molecule has 11 aromatic carbocycles. The van der Waals surface area contributed by atoms with Gasteiger partial charge in [0.25, 0.3) is 0 Å². The summed E-state index contributed by atoms with van der Waals surface area (Å²) in [5.74, 6) is 1.43. The number of aliphatic imine (C=N–C) groups is 2. The molecule has 14 aromatic rings. The first-order chi connectivity index (χ1) is 35.2. The Hall–Kier alpha value is -9.10. The zero-order valence-electron chi connectivity index (χ0n) is 38.2. The first kappa shape index (κ1) is 39.9. The van der Waals surface area contributed by atoms with Crippen LogP contribution in [0.15, 0.2) is 245 Å². The molecular formula is C65H40N4OS. The highest BCUT2D eigenvalue weighted by molar-refractivity contribution is 7.25. The predicted octanol–water partition coefficient (Wildman–Crippen LogP) is 17.2. The number of rotatable bonds is 6. The number of thiophene rings is 1. The largest absolute Gasteiger partial charge is 0.456 e. The summed E-state index contributed by atoms with van der Waals surface area (Å²) in [6.45, 7) is 0. The zero-order valence-corrected chi connectivity index (χ0v) is 39.0. The Morgan fingerprint density at radius 1 is 0.423 bits per heavy atom. The molecule has 1 N–H and O–H groups in total. The number of benzene rings is 11. The van der Waals surface area contributed by atoms with Crippen LogP contribution in [0, 0.1) is 0 Å².